The predicted octanol–water partition coefficient (Wildman–Crippen LogP) is 3.54. The summed E-state index contributed by atoms with van der Waals surface area (Å²) in [5.74, 6) is -0.0796. The number of piperidine rings is 1. The van der Waals surface area contributed by atoms with E-state index < -0.39 is 0 Å². The molecule has 1 aliphatic heterocycles. The molecule has 1 fully saturated rings. The number of nitrogens with zero attached hydrogens (tertiary/aromatic N) is 2. The van der Waals surface area contributed by atoms with Crippen molar-refractivity contribution in [2.24, 2.45) is 0 Å². The van der Waals surface area contributed by atoms with Crippen LogP contribution in [0.25, 0.3) is 10.9 Å². The minimum Gasteiger partial charge on any atom is -0.466 e. The molecule has 0 radical (unpaired) electrons. The third kappa shape index (κ3) is 3.88. The van der Waals surface area contributed by atoms with Crippen molar-refractivity contribution in [1.29, 1.82) is 0 Å². The number of hydrogen-bond donors (Lipinski definition) is 0. The summed E-state index contributed by atoms with van der Waals surface area (Å²) in [6, 6.07) is 10.6. The van der Waals surface area contributed by atoms with Gasteiger partial charge in [-0.05, 0) is 44.0 Å². The lowest BCUT2D eigenvalue weighted by molar-refractivity contribution is -0.145. The summed E-state index contributed by atoms with van der Waals surface area (Å²) < 4.78 is 5.14. The van der Waals surface area contributed by atoms with E-state index in [0.717, 1.165) is 25.0 Å². The van der Waals surface area contributed by atoms with Gasteiger partial charge in [0.25, 0.3) is 0 Å². The second-order valence-corrected chi connectivity index (χ2v) is 6.12. The Bertz CT molecular complexity index is 666. The minimum absolute atomic E-state index is 0.0796. The van der Waals surface area contributed by atoms with Gasteiger partial charge in [-0.1, -0.05) is 24.6 Å². The molecule has 1 aromatic heterocycles. The number of benzene rings is 1. The molecule has 1 saturated heterocycles. The van der Waals surface area contributed by atoms with Crippen molar-refractivity contribution < 1.29 is 9.53 Å². The zero-order chi connectivity index (χ0) is 16.1. The van der Waals surface area contributed by atoms with E-state index in [4.69, 9.17) is 4.74 Å². The standard InChI is InChI=1S/C19H24N2O2/c1-2-23-19(22)13-16-7-5-6-12-21(16)14-15-10-11-20-18-9-4-3-8-17(15)18/h3-4,8-11,16H,2,5-7,12-14H2,1H3/t16-/m1/s1. The van der Waals surface area contributed by atoms with Crippen LogP contribution < -0.4 is 0 Å². The fraction of sp³-hybridized carbons (Fsp3) is 0.474. The van der Waals surface area contributed by atoms with Crippen molar-refractivity contribution in [3.8, 4) is 0 Å². The number of hydrogen-bond acceptors (Lipinski definition) is 4. The molecule has 0 saturated carbocycles. The Labute approximate surface area is 137 Å². The second kappa shape index (κ2) is 7.55. The van der Waals surface area contributed by atoms with E-state index in [1.165, 1.54) is 23.8 Å². The van der Waals surface area contributed by atoms with Gasteiger partial charge in [-0.2, -0.15) is 0 Å². The first kappa shape index (κ1) is 15.9. The van der Waals surface area contributed by atoms with Gasteiger partial charge in [0.2, 0.25) is 0 Å². The van der Waals surface area contributed by atoms with E-state index in [9.17, 15) is 4.79 Å². The third-order valence-electron chi connectivity index (χ3n) is 4.57. The number of rotatable bonds is 5. The largest absolute Gasteiger partial charge is 0.466 e. The van der Waals surface area contributed by atoms with Gasteiger partial charge in [-0.3, -0.25) is 14.7 Å². The lowest BCUT2D eigenvalue weighted by Gasteiger charge is -2.35. The molecule has 3 rings (SSSR count). The molecule has 0 amide bonds. The molecule has 122 valence electrons. The van der Waals surface area contributed by atoms with Gasteiger partial charge in [-0.15, -0.1) is 0 Å². The maximum absolute atomic E-state index is 11.9. The van der Waals surface area contributed by atoms with Crippen molar-refractivity contribution in [3.05, 3.63) is 42.1 Å². The molecule has 2 heterocycles. The summed E-state index contributed by atoms with van der Waals surface area (Å²) in [7, 11) is 0. The van der Waals surface area contributed by atoms with Gasteiger partial charge in [0.15, 0.2) is 0 Å². The highest BCUT2D eigenvalue weighted by Gasteiger charge is 2.25. The van der Waals surface area contributed by atoms with Crippen molar-refractivity contribution in [3.63, 3.8) is 0 Å². The molecular weight excluding hydrogens is 288 g/mol. The van der Waals surface area contributed by atoms with Crippen LogP contribution in [0.1, 0.15) is 38.2 Å². The number of esters is 1. The molecule has 0 spiro atoms. The summed E-state index contributed by atoms with van der Waals surface area (Å²) in [5, 5.41) is 1.20. The Kier molecular flexibility index (Phi) is 5.23. The summed E-state index contributed by atoms with van der Waals surface area (Å²) in [4.78, 5) is 18.7. The van der Waals surface area contributed by atoms with E-state index in [-0.39, 0.29) is 12.0 Å². The number of para-hydroxylation sites is 1. The predicted molar refractivity (Wildman–Crippen MR) is 91.0 cm³/mol. The zero-order valence-corrected chi connectivity index (χ0v) is 13.7. The fourth-order valence-electron chi connectivity index (χ4n) is 3.42. The molecule has 1 aliphatic rings. The molecule has 0 bridgehead atoms. The highest BCUT2D eigenvalue weighted by molar-refractivity contribution is 5.81. The van der Waals surface area contributed by atoms with Crippen LogP contribution in [0.2, 0.25) is 0 Å². The van der Waals surface area contributed by atoms with Crippen molar-refractivity contribution >= 4 is 16.9 Å². The molecule has 2 aromatic rings. The fourth-order valence-corrected chi connectivity index (χ4v) is 3.42. The van der Waals surface area contributed by atoms with Crippen LogP contribution in [0.3, 0.4) is 0 Å². The van der Waals surface area contributed by atoms with E-state index in [1.54, 1.807) is 0 Å². The summed E-state index contributed by atoms with van der Waals surface area (Å²) in [6.07, 6.45) is 5.83. The Morgan fingerprint density at radius 2 is 2.17 bits per heavy atom. The van der Waals surface area contributed by atoms with Crippen molar-refractivity contribution in [2.75, 3.05) is 13.2 Å². The van der Waals surface area contributed by atoms with Gasteiger partial charge < -0.3 is 4.74 Å². The smallest absolute Gasteiger partial charge is 0.307 e. The summed E-state index contributed by atoms with van der Waals surface area (Å²) >= 11 is 0. The first-order valence-corrected chi connectivity index (χ1v) is 8.50. The topological polar surface area (TPSA) is 42.4 Å². The number of carbonyl (C=O) groups excluding carboxylic acids is 1. The first-order valence-electron chi connectivity index (χ1n) is 8.50. The number of pyridine rings is 1. The zero-order valence-electron chi connectivity index (χ0n) is 13.7. The highest BCUT2D eigenvalue weighted by Crippen LogP contribution is 2.25. The van der Waals surface area contributed by atoms with Crippen LogP contribution in [0.5, 0.6) is 0 Å². The summed E-state index contributed by atoms with van der Waals surface area (Å²) in [6.45, 7) is 4.23. The van der Waals surface area contributed by atoms with E-state index in [0.29, 0.717) is 13.0 Å². The third-order valence-corrected chi connectivity index (χ3v) is 4.57. The Balaban J connectivity index is 1.77. The number of likely N-dealkylation sites (tertiary alicyclic amines) is 1. The lowest BCUT2D eigenvalue weighted by atomic mass is 9.98. The van der Waals surface area contributed by atoms with Crippen LogP contribution >= 0.6 is 0 Å². The van der Waals surface area contributed by atoms with Crippen molar-refractivity contribution in [2.45, 2.75) is 45.2 Å². The minimum atomic E-state index is -0.0796. The van der Waals surface area contributed by atoms with E-state index >= 15 is 0 Å². The van der Waals surface area contributed by atoms with Crippen LogP contribution in [0.4, 0.5) is 0 Å². The molecule has 0 N–H and O–H groups in total. The molecule has 1 aromatic carbocycles. The van der Waals surface area contributed by atoms with Gasteiger partial charge in [-0.25, -0.2) is 0 Å². The van der Waals surface area contributed by atoms with Gasteiger partial charge >= 0.3 is 5.97 Å². The van der Waals surface area contributed by atoms with Gasteiger partial charge in [0.05, 0.1) is 18.5 Å². The van der Waals surface area contributed by atoms with Crippen LogP contribution in [0, 0.1) is 0 Å². The average molecular weight is 312 g/mol. The van der Waals surface area contributed by atoms with E-state index in [2.05, 4.69) is 28.1 Å². The SMILES string of the molecule is CCOC(=O)C[C@H]1CCCCN1Cc1ccnc2ccccc12. The first-order chi connectivity index (χ1) is 11.3. The molecule has 4 heteroatoms. The average Bonchev–Trinajstić information content (AvgIpc) is 2.57. The Morgan fingerprint density at radius 1 is 1.30 bits per heavy atom. The quantitative estimate of drug-likeness (QED) is 0.792. The van der Waals surface area contributed by atoms with Gasteiger partial charge in [0, 0.05) is 24.2 Å². The molecule has 23 heavy (non-hydrogen) atoms. The Morgan fingerprint density at radius 3 is 3.04 bits per heavy atom. The summed E-state index contributed by atoms with van der Waals surface area (Å²) in [5.41, 5.74) is 2.32. The molecule has 0 aliphatic carbocycles. The van der Waals surface area contributed by atoms with Crippen LogP contribution in [-0.4, -0.2) is 35.0 Å². The molecular formula is C19H24N2O2. The van der Waals surface area contributed by atoms with Crippen LogP contribution in [-0.2, 0) is 16.1 Å². The van der Waals surface area contributed by atoms with Gasteiger partial charge in [0.1, 0.15) is 0 Å². The molecule has 0 unspecified atom stereocenters. The van der Waals surface area contributed by atoms with Crippen LogP contribution in [0.15, 0.2) is 36.5 Å². The van der Waals surface area contributed by atoms with E-state index in [1.807, 2.05) is 25.3 Å². The maximum atomic E-state index is 11.9. The number of aromatic nitrogens is 1. The lowest BCUT2D eigenvalue weighted by Crippen LogP contribution is -2.40. The maximum Gasteiger partial charge on any atom is 0.307 e. The number of fused-ring (bicyclic) bond motifs is 1. The second-order valence-electron chi connectivity index (χ2n) is 6.12. The van der Waals surface area contributed by atoms with Crippen molar-refractivity contribution in [1.82, 2.24) is 9.88 Å². The molecule has 4 nitrogen and oxygen atoms in total. The Hall–Kier alpha value is -1.94. The monoisotopic (exact) mass is 312 g/mol. The molecule has 1 atom stereocenters. The number of ether oxygens (including phenoxy) is 1. The number of carbonyl (C=O) groups is 1. The normalized spacial score (nSPS) is 18.9. The highest BCUT2D eigenvalue weighted by atomic mass is 16.5.